The summed E-state index contributed by atoms with van der Waals surface area (Å²) in [5.41, 5.74) is 1.49. The highest BCUT2D eigenvalue weighted by molar-refractivity contribution is 5.99. The minimum atomic E-state index is -1.49. The summed E-state index contributed by atoms with van der Waals surface area (Å²) < 4.78 is 0. The van der Waals surface area contributed by atoms with Crippen molar-refractivity contribution in [3.8, 4) is 0 Å². The molecule has 0 spiro atoms. The lowest BCUT2D eigenvalue weighted by atomic mass is 9.94. The van der Waals surface area contributed by atoms with Crippen LogP contribution in [0, 0.1) is 11.8 Å². The van der Waals surface area contributed by atoms with Crippen molar-refractivity contribution in [2.24, 2.45) is 11.8 Å². The fraction of sp³-hybridized carbons (Fsp3) is 0.608. The van der Waals surface area contributed by atoms with Gasteiger partial charge in [0.25, 0.3) is 0 Å². The van der Waals surface area contributed by atoms with Crippen LogP contribution in [0.3, 0.4) is 0 Å². The monoisotopic (exact) mass is 943 g/mol. The maximum atomic E-state index is 15.0. The number of aliphatic hydroxyl groups is 1. The van der Waals surface area contributed by atoms with E-state index in [0.29, 0.717) is 32.1 Å². The van der Waals surface area contributed by atoms with Gasteiger partial charge in [0, 0.05) is 68.2 Å². The highest BCUT2D eigenvalue weighted by Gasteiger charge is 2.48. The molecule has 2 aromatic rings. The van der Waals surface area contributed by atoms with Gasteiger partial charge in [-0.15, -0.1) is 0 Å². The second-order valence-corrected chi connectivity index (χ2v) is 19.5. The van der Waals surface area contributed by atoms with Crippen molar-refractivity contribution < 1.29 is 43.5 Å². The van der Waals surface area contributed by atoms with Gasteiger partial charge in [-0.2, -0.15) is 0 Å². The number of carbonyl (C=O) groups is 8. The van der Waals surface area contributed by atoms with Crippen LogP contribution in [0.1, 0.15) is 77.8 Å². The average molecular weight is 943 g/mol. The topological polar surface area (TPSA) is 183 Å². The minimum absolute atomic E-state index is 0.0389. The van der Waals surface area contributed by atoms with Gasteiger partial charge in [0.2, 0.25) is 47.3 Å². The quantitative estimate of drug-likeness (QED) is 0.415. The van der Waals surface area contributed by atoms with E-state index in [9.17, 15) is 38.7 Å². The Morgan fingerprint density at radius 2 is 0.941 bits per heavy atom. The standard InChI is InChI=1S/C51H74N8O9/c1-12-33(4)43-51(68)58-27-19-25-37(58)45(62)52(6)31-41(61)53(7)39(29-35-21-15-13-16-22-35)47(64)55(9)42(32(2)3)50(67)59-28-20-26-38(59)46(63)54(8)40(30-36-23-17-14-18-24-36)48(65)57(11)44(34(5)60)49(66)56(43)10/h13-18,21-24,32-34,37-40,42-44,60H,12,19-20,25-31H2,1-11H3/t33-,34+,37-,38-,39-,40-,42-,43+,44+/m1/s1. The Morgan fingerprint density at radius 3 is 1.40 bits per heavy atom. The number of rotatable bonds is 8. The number of nitrogens with zero attached hydrogens (tertiary/aromatic N) is 8. The van der Waals surface area contributed by atoms with Gasteiger partial charge < -0.3 is 44.3 Å². The molecule has 2 aromatic carbocycles. The van der Waals surface area contributed by atoms with Crippen molar-refractivity contribution in [1.29, 1.82) is 0 Å². The molecule has 0 unspecified atom stereocenters. The van der Waals surface area contributed by atoms with Gasteiger partial charge in [0.1, 0.15) is 42.3 Å². The van der Waals surface area contributed by atoms with Crippen LogP contribution in [-0.2, 0) is 51.2 Å². The number of fused-ring (bicyclic) bond motifs is 2. The van der Waals surface area contributed by atoms with Crippen LogP contribution in [0.2, 0.25) is 0 Å². The Bertz CT molecular complexity index is 2140. The van der Waals surface area contributed by atoms with Gasteiger partial charge >= 0.3 is 0 Å². The molecule has 3 aliphatic rings. The first-order valence-electron chi connectivity index (χ1n) is 24.1. The smallest absolute Gasteiger partial charge is 0.248 e. The molecule has 0 aromatic heterocycles. The highest BCUT2D eigenvalue weighted by atomic mass is 16.3. The van der Waals surface area contributed by atoms with E-state index in [-0.39, 0.29) is 25.9 Å². The molecule has 372 valence electrons. The Hall–Kier alpha value is -5.84. The predicted molar refractivity (Wildman–Crippen MR) is 256 cm³/mol. The van der Waals surface area contributed by atoms with E-state index in [0.717, 1.165) is 16.0 Å². The van der Waals surface area contributed by atoms with Crippen LogP contribution < -0.4 is 0 Å². The maximum absolute atomic E-state index is 15.0. The number of carbonyl (C=O) groups excluding carboxylic acids is 8. The molecule has 0 saturated carbocycles. The molecule has 3 saturated heterocycles. The van der Waals surface area contributed by atoms with Gasteiger partial charge in [0.15, 0.2) is 0 Å². The van der Waals surface area contributed by atoms with Crippen molar-refractivity contribution in [3.63, 3.8) is 0 Å². The Morgan fingerprint density at radius 1 is 0.515 bits per heavy atom. The van der Waals surface area contributed by atoms with Crippen LogP contribution in [-0.4, -0.2) is 202 Å². The largest absolute Gasteiger partial charge is 0.391 e. The van der Waals surface area contributed by atoms with Crippen LogP contribution in [0.25, 0.3) is 0 Å². The second-order valence-electron chi connectivity index (χ2n) is 19.5. The molecule has 3 fully saturated rings. The van der Waals surface area contributed by atoms with Crippen LogP contribution in [0.5, 0.6) is 0 Å². The molecule has 0 radical (unpaired) electrons. The first-order valence-corrected chi connectivity index (χ1v) is 24.1. The maximum Gasteiger partial charge on any atom is 0.248 e. The molecule has 9 atom stereocenters. The SMILES string of the molecule is CC[C@@H](C)[C@H]1C(=O)N2CCC[C@@H]2C(=O)N(C)CC(=O)N(C)[C@H](Cc2ccccc2)C(=O)N(C)[C@H](C(C)C)C(=O)N2CCC[C@@H]2C(=O)N(C)[C@H](Cc2ccccc2)C(=O)N(C)[C@@H]([C@H](C)O)C(=O)N1C. The van der Waals surface area contributed by atoms with E-state index >= 15 is 4.79 Å². The number of aliphatic hydroxyl groups excluding tert-OH is 1. The van der Waals surface area contributed by atoms with Crippen LogP contribution in [0.15, 0.2) is 60.7 Å². The van der Waals surface area contributed by atoms with Gasteiger partial charge in [-0.3, -0.25) is 38.4 Å². The third kappa shape index (κ3) is 11.4. The summed E-state index contributed by atoms with van der Waals surface area (Å²) in [4.78, 5) is 129. The Kier molecular flexibility index (Phi) is 17.9. The van der Waals surface area contributed by atoms with Crippen LogP contribution >= 0.6 is 0 Å². The molecule has 17 nitrogen and oxygen atoms in total. The number of benzene rings is 2. The molecule has 68 heavy (non-hydrogen) atoms. The molecular formula is C51H74N8O9. The van der Waals surface area contributed by atoms with Crippen molar-refractivity contribution >= 4 is 47.3 Å². The molecule has 3 heterocycles. The first-order chi connectivity index (χ1) is 32.1. The Labute approximate surface area is 402 Å². The zero-order chi connectivity index (χ0) is 50.3. The van der Waals surface area contributed by atoms with Gasteiger partial charge in [-0.25, -0.2) is 0 Å². The first kappa shape index (κ1) is 53.1. The summed E-state index contributed by atoms with van der Waals surface area (Å²) in [7, 11) is 8.86. The molecule has 3 aliphatic heterocycles. The van der Waals surface area contributed by atoms with Gasteiger partial charge in [-0.1, -0.05) is 94.8 Å². The fourth-order valence-corrected chi connectivity index (χ4v) is 10.3. The molecule has 0 aliphatic carbocycles. The molecule has 0 bridgehead atoms. The zero-order valence-electron chi connectivity index (χ0n) is 41.9. The van der Waals surface area contributed by atoms with E-state index in [1.54, 1.807) is 0 Å². The molecular weight excluding hydrogens is 869 g/mol. The van der Waals surface area contributed by atoms with E-state index in [1.165, 1.54) is 83.5 Å². The van der Waals surface area contributed by atoms with Gasteiger partial charge in [0.05, 0.1) is 12.6 Å². The fourth-order valence-electron chi connectivity index (χ4n) is 10.3. The lowest BCUT2D eigenvalue weighted by Gasteiger charge is -2.42. The zero-order valence-corrected chi connectivity index (χ0v) is 41.9. The van der Waals surface area contributed by atoms with Crippen LogP contribution in [0.4, 0.5) is 0 Å². The summed E-state index contributed by atoms with van der Waals surface area (Å²) in [5, 5.41) is 11.3. The molecule has 5 rings (SSSR count). The molecule has 17 heteroatoms. The van der Waals surface area contributed by atoms with Crippen molar-refractivity contribution in [2.75, 3.05) is 61.9 Å². The van der Waals surface area contributed by atoms with E-state index in [4.69, 9.17) is 0 Å². The predicted octanol–water partition coefficient (Wildman–Crippen LogP) is 2.14. The third-order valence-electron chi connectivity index (χ3n) is 14.5. The number of amides is 8. The number of likely N-dealkylation sites (N-methyl/N-ethyl adjacent to an activating group) is 6. The lowest BCUT2D eigenvalue weighted by molar-refractivity contribution is -0.160. The third-order valence-corrected chi connectivity index (χ3v) is 14.5. The lowest BCUT2D eigenvalue weighted by Crippen LogP contribution is -2.63. The molecule has 1 N–H and O–H groups in total. The number of hydrogen-bond donors (Lipinski definition) is 1. The van der Waals surface area contributed by atoms with E-state index in [2.05, 4.69) is 0 Å². The van der Waals surface area contributed by atoms with Crippen molar-refractivity contribution in [2.45, 2.75) is 128 Å². The summed E-state index contributed by atoms with van der Waals surface area (Å²) in [6, 6.07) is 10.4. The van der Waals surface area contributed by atoms with Gasteiger partial charge in [-0.05, 0) is 55.6 Å². The highest BCUT2D eigenvalue weighted by Crippen LogP contribution is 2.29. The number of hydrogen-bond acceptors (Lipinski definition) is 9. The molecule has 8 amide bonds. The summed E-state index contributed by atoms with van der Waals surface area (Å²) >= 11 is 0. The minimum Gasteiger partial charge on any atom is -0.391 e. The van der Waals surface area contributed by atoms with E-state index < -0.39 is 114 Å². The normalized spacial score (nSPS) is 27.0. The van der Waals surface area contributed by atoms with Crippen molar-refractivity contribution in [3.05, 3.63) is 71.8 Å². The summed E-state index contributed by atoms with van der Waals surface area (Å²) in [6.07, 6.45) is 0.775. The average Bonchev–Trinajstić information content (AvgIpc) is 4.02. The van der Waals surface area contributed by atoms with E-state index in [1.807, 2.05) is 88.4 Å². The summed E-state index contributed by atoms with van der Waals surface area (Å²) in [6.45, 7) is 8.74. The van der Waals surface area contributed by atoms with Crippen molar-refractivity contribution in [1.82, 2.24) is 39.2 Å². The second kappa shape index (κ2) is 23.0. The summed E-state index contributed by atoms with van der Waals surface area (Å²) in [5.74, 6) is -5.17. The Balaban J connectivity index is 1.65.